The number of aliphatic hydroxyl groups is 2. The first-order valence-electron chi connectivity index (χ1n) is 5.10. The van der Waals surface area contributed by atoms with E-state index >= 15 is 0 Å². The lowest BCUT2D eigenvalue weighted by Gasteiger charge is -2.13. The summed E-state index contributed by atoms with van der Waals surface area (Å²) < 4.78 is 0.254. The van der Waals surface area contributed by atoms with Gasteiger partial charge in [0.1, 0.15) is 5.69 Å². The van der Waals surface area contributed by atoms with Crippen molar-refractivity contribution in [1.82, 2.24) is 0 Å². The quantitative estimate of drug-likeness (QED) is 0.447. The van der Waals surface area contributed by atoms with Crippen molar-refractivity contribution >= 4 is 33.3 Å². The summed E-state index contributed by atoms with van der Waals surface area (Å²) in [6, 6.07) is 2.36. The summed E-state index contributed by atoms with van der Waals surface area (Å²) in [6.45, 7) is -0.751. The van der Waals surface area contributed by atoms with E-state index in [0.29, 0.717) is 0 Å². The molecule has 0 bridgehead atoms. The van der Waals surface area contributed by atoms with Crippen LogP contribution in [0.25, 0.3) is 0 Å². The van der Waals surface area contributed by atoms with Gasteiger partial charge in [0.15, 0.2) is 0 Å². The van der Waals surface area contributed by atoms with E-state index in [1.54, 1.807) is 0 Å². The van der Waals surface area contributed by atoms with Crippen molar-refractivity contribution < 1.29 is 25.0 Å². The predicted molar refractivity (Wildman–Crippen MR) is 69.3 cm³/mol. The Hall–Kier alpha value is -1.71. The number of carbonyl (C=O) groups is 1. The Kier molecular flexibility index (Phi) is 5.21. The first-order valence-corrected chi connectivity index (χ1v) is 5.90. The second kappa shape index (κ2) is 6.45. The Balaban J connectivity index is 3.23. The van der Waals surface area contributed by atoms with Gasteiger partial charge in [-0.05, 0) is 6.07 Å². The molecule has 9 heteroatoms. The van der Waals surface area contributed by atoms with Crippen LogP contribution >= 0.6 is 15.9 Å². The van der Waals surface area contributed by atoms with E-state index in [2.05, 4.69) is 21.2 Å². The van der Waals surface area contributed by atoms with Gasteiger partial charge in [0, 0.05) is 17.1 Å². The Bertz CT molecular complexity index is 472. The summed E-state index contributed by atoms with van der Waals surface area (Å²) in [4.78, 5) is 21.2. The van der Waals surface area contributed by atoms with Crippen molar-refractivity contribution in [3.8, 4) is 0 Å². The van der Waals surface area contributed by atoms with Gasteiger partial charge < -0.3 is 20.6 Å². The number of nitro groups is 1. The van der Waals surface area contributed by atoms with Crippen LogP contribution < -0.4 is 5.32 Å². The highest BCUT2D eigenvalue weighted by atomic mass is 79.9. The zero-order chi connectivity index (χ0) is 14.6. The molecule has 0 radical (unpaired) electrons. The molecule has 0 amide bonds. The second-order valence-electron chi connectivity index (χ2n) is 3.63. The van der Waals surface area contributed by atoms with Crippen molar-refractivity contribution in [1.29, 1.82) is 0 Å². The average molecular weight is 335 g/mol. The number of nitrogens with zero attached hydrogens (tertiary/aromatic N) is 1. The molecule has 1 aromatic rings. The van der Waals surface area contributed by atoms with E-state index in [4.69, 9.17) is 10.2 Å². The summed E-state index contributed by atoms with van der Waals surface area (Å²) in [6.07, 6.45) is -1.15. The predicted octanol–water partition coefficient (Wildman–Crippen LogP) is 0.821. The molecule has 4 N–H and O–H groups in total. The number of hydrogen-bond acceptors (Lipinski definition) is 6. The third-order valence-corrected chi connectivity index (χ3v) is 2.69. The molecule has 8 nitrogen and oxygen atoms in total. The first kappa shape index (κ1) is 15.3. The van der Waals surface area contributed by atoms with Crippen LogP contribution in [0.2, 0.25) is 0 Å². The van der Waals surface area contributed by atoms with Gasteiger partial charge in [-0.1, -0.05) is 15.9 Å². The Morgan fingerprint density at radius 3 is 2.63 bits per heavy atom. The molecule has 0 fully saturated rings. The molecule has 0 spiro atoms. The number of halogens is 1. The van der Waals surface area contributed by atoms with Gasteiger partial charge in [-0.2, -0.15) is 0 Å². The van der Waals surface area contributed by atoms with Crippen molar-refractivity contribution in [2.45, 2.75) is 6.10 Å². The fraction of sp³-hybridized carbons (Fsp3) is 0.300. The summed E-state index contributed by atoms with van der Waals surface area (Å²) in [5, 5.41) is 40.3. The van der Waals surface area contributed by atoms with Crippen LogP contribution in [0.15, 0.2) is 16.6 Å². The fourth-order valence-electron chi connectivity index (χ4n) is 1.38. The lowest BCUT2D eigenvalue weighted by Crippen LogP contribution is -2.24. The van der Waals surface area contributed by atoms with Gasteiger partial charge in [-0.3, -0.25) is 10.1 Å². The maximum Gasteiger partial charge on any atom is 0.338 e. The zero-order valence-electron chi connectivity index (χ0n) is 9.54. The number of carboxylic acid groups (broad SMARTS) is 1. The van der Waals surface area contributed by atoms with Gasteiger partial charge in [0.2, 0.25) is 0 Å². The normalized spacial score (nSPS) is 11.9. The van der Waals surface area contributed by atoms with Gasteiger partial charge >= 0.3 is 5.97 Å². The molecule has 1 atom stereocenters. The molecule has 1 unspecified atom stereocenters. The molecule has 0 heterocycles. The second-order valence-corrected chi connectivity index (χ2v) is 4.54. The van der Waals surface area contributed by atoms with Gasteiger partial charge in [-0.25, -0.2) is 4.79 Å². The van der Waals surface area contributed by atoms with Crippen molar-refractivity contribution in [3.05, 3.63) is 32.3 Å². The number of rotatable bonds is 6. The van der Waals surface area contributed by atoms with Crippen LogP contribution in [-0.2, 0) is 0 Å². The van der Waals surface area contributed by atoms with Crippen LogP contribution in [0.5, 0.6) is 0 Å². The zero-order valence-corrected chi connectivity index (χ0v) is 11.1. The standard InChI is InChI=1S/C10H11BrN2O6/c11-5-1-7(10(16)17)9(8(2-5)13(18)19)12-3-6(15)4-14/h1-2,6,12,14-15H,3-4H2,(H,16,17). The smallest absolute Gasteiger partial charge is 0.338 e. The number of benzene rings is 1. The number of aliphatic hydroxyl groups excluding tert-OH is 2. The largest absolute Gasteiger partial charge is 0.478 e. The lowest BCUT2D eigenvalue weighted by atomic mass is 10.1. The molecular weight excluding hydrogens is 324 g/mol. The van der Waals surface area contributed by atoms with E-state index in [-0.39, 0.29) is 22.3 Å². The molecule has 104 valence electrons. The number of hydrogen-bond donors (Lipinski definition) is 4. The van der Waals surface area contributed by atoms with Gasteiger partial charge in [0.25, 0.3) is 5.69 Å². The average Bonchev–Trinajstić information content (AvgIpc) is 2.35. The van der Waals surface area contributed by atoms with E-state index in [9.17, 15) is 20.0 Å². The minimum Gasteiger partial charge on any atom is -0.478 e. The number of nitro benzene ring substituents is 1. The molecule has 0 aliphatic heterocycles. The summed E-state index contributed by atoms with van der Waals surface area (Å²) in [7, 11) is 0. The number of aromatic carboxylic acids is 1. The molecule has 0 saturated carbocycles. The van der Waals surface area contributed by atoms with Crippen LogP contribution in [-0.4, -0.2) is 45.5 Å². The Labute approximate surface area is 116 Å². The van der Waals surface area contributed by atoms with E-state index in [0.717, 1.165) is 6.07 Å². The SMILES string of the molecule is O=C(O)c1cc(Br)cc([N+](=O)[O-])c1NCC(O)CO. The topological polar surface area (TPSA) is 133 Å². The highest BCUT2D eigenvalue weighted by Crippen LogP contribution is 2.32. The third kappa shape index (κ3) is 3.88. The Morgan fingerprint density at radius 1 is 1.53 bits per heavy atom. The van der Waals surface area contributed by atoms with Gasteiger partial charge in [-0.15, -0.1) is 0 Å². The summed E-state index contributed by atoms with van der Waals surface area (Å²) in [5.74, 6) is -1.34. The number of anilines is 1. The maximum atomic E-state index is 11.1. The van der Waals surface area contributed by atoms with Crippen molar-refractivity contribution in [2.24, 2.45) is 0 Å². The fourth-order valence-corrected chi connectivity index (χ4v) is 1.82. The third-order valence-electron chi connectivity index (χ3n) is 2.23. The van der Waals surface area contributed by atoms with Crippen LogP contribution in [0.3, 0.4) is 0 Å². The molecule has 0 aliphatic carbocycles. The summed E-state index contributed by atoms with van der Waals surface area (Å²) in [5.41, 5.74) is -0.948. The molecule has 0 aromatic heterocycles. The van der Waals surface area contributed by atoms with Crippen LogP contribution in [0, 0.1) is 10.1 Å². The maximum absolute atomic E-state index is 11.1. The molecule has 0 aliphatic rings. The monoisotopic (exact) mass is 334 g/mol. The lowest BCUT2D eigenvalue weighted by molar-refractivity contribution is -0.384. The number of carboxylic acids is 1. The minimum absolute atomic E-state index is 0.209. The van der Waals surface area contributed by atoms with E-state index < -0.39 is 29.3 Å². The van der Waals surface area contributed by atoms with Crippen molar-refractivity contribution in [2.75, 3.05) is 18.5 Å². The first-order chi connectivity index (χ1) is 8.86. The Morgan fingerprint density at radius 2 is 2.16 bits per heavy atom. The molecule has 1 rings (SSSR count). The highest BCUT2D eigenvalue weighted by Gasteiger charge is 2.23. The molecular formula is C10H11BrN2O6. The van der Waals surface area contributed by atoms with Crippen LogP contribution in [0.1, 0.15) is 10.4 Å². The van der Waals surface area contributed by atoms with Crippen molar-refractivity contribution in [3.63, 3.8) is 0 Å². The van der Waals surface area contributed by atoms with E-state index in [1.165, 1.54) is 6.07 Å². The minimum atomic E-state index is -1.34. The van der Waals surface area contributed by atoms with Crippen LogP contribution in [0.4, 0.5) is 11.4 Å². The summed E-state index contributed by atoms with van der Waals surface area (Å²) >= 11 is 2.99. The number of nitrogens with one attached hydrogen (secondary N) is 1. The van der Waals surface area contributed by atoms with E-state index in [1.807, 2.05) is 0 Å². The molecule has 1 aromatic carbocycles. The highest BCUT2D eigenvalue weighted by molar-refractivity contribution is 9.10. The van der Waals surface area contributed by atoms with Gasteiger partial charge in [0.05, 0.1) is 23.2 Å². The molecule has 0 saturated heterocycles. The molecule has 19 heavy (non-hydrogen) atoms.